The second kappa shape index (κ2) is 12.4. The molecule has 9 nitrogen and oxygen atoms in total. The summed E-state index contributed by atoms with van der Waals surface area (Å²) in [5.41, 5.74) is 2.67. The van der Waals surface area contributed by atoms with Crippen molar-refractivity contribution in [2.75, 3.05) is 14.2 Å². The lowest BCUT2D eigenvalue weighted by atomic mass is 9.93. The van der Waals surface area contributed by atoms with Gasteiger partial charge in [-0.05, 0) is 23.1 Å². The van der Waals surface area contributed by atoms with Crippen LogP contribution in [0, 0.1) is 0 Å². The summed E-state index contributed by atoms with van der Waals surface area (Å²) in [7, 11) is 2.44. The summed E-state index contributed by atoms with van der Waals surface area (Å²) < 4.78 is 14.8. The van der Waals surface area contributed by atoms with Gasteiger partial charge in [0.15, 0.2) is 0 Å². The van der Waals surface area contributed by atoms with Crippen LogP contribution in [0.3, 0.4) is 0 Å². The van der Waals surface area contributed by atoms with Crippen LogP contribution in [0.25, 0.3) is 0 Å². The number of nitrogens with zero attached hydrogens (tertiary/aromatic N) is 1. The topological polar surface area (TPSA) is 111 Å². The van der Waals surface area contributed by atoms with E-state index >= 15 is 0 Å². The zero-order valence-corrected chi connectivity index (χ0v) is 19.6. The average Bonchev–Trinajstić information content (AvgIpc) is 2.90. The van der Waals surface area contributed by atoms with E-state index in [0.717, 1.165) is 22.8 Å². The Bertz CT molecular complexity index is 1080. The zero-order chi connectivity index (χ0) is 25.2. The first kappa shape index (κ1) is 25.5. The van der Waals surface area contributed by atoms with Gasteiger partial charge in [0, 0.05) is 12.5 Å². The quantitative estimate of drug-likeness (QED) is 0.351. The Morgan fingerprint density at radius 1 is 1.00 bits per heavy atom. The van der Waals surface area contributed by atoms with E-state index < -0.39 is 36.0 Å². The maximum atomic E-state index is 13.3. The van der Waals surface area contributed by atoms with Crippen LogP contribution in [0.5, 0.6) is 0 Å². The summed E-state index contributed by atoms with van der Waals surface area (Å²) in [4.78, 5) is 51.3. The molecule has 2 aromatic rings. The Hall–Kier alpha value is -4.14. The molecule has 1 aliphatic rings. The molecule has 0 spiro atoms. The Morgan fingerprint density at radius 3 is 2.37 bits per heavy atom. The molecule has 2 atom stereocenters. The number of amides is 2. The second-order valence-corrected chi connectivity index (χ2v) is 7.90. The maximum absolute atomic E-state index is 13.3. The van der Waals surface area contributed by atoms with Crippen LogP contribution in [0.2, 0.25) is 0 Å². The number of hydrogen-bond donors (Lipinski definition) is 1. The number of rotatable bonds is 8. The summed E-state index contributed by atoms with van der Waals surface area (Å²) in [5, 5.41) is 2.65. The van der Waals surface area contributed by atoms with Gasteiger partial charge in [-0.2, -0.15) is 0 Å². The number of carbonyl (C=O) groups excluding carboxylic acids is 4. The third kappa shape index (κ3) is 6.92. The maximum Gasteiger partial charge on any atom is 0.411 e. The molecule has 1 heterocycles. The van der Waals surface area contributed by atoms with Crippen LogP contribution < -0.4 is 5.32 Å². The number of ether oxygens (including phenoxy) is 3. The van der Waals surface area contributed by atoms with Crippen LogP contribution >= 0.6 is 0 Å². The minimum absolute atomic E-state index is 0.00920. The Balaban J connectivity index is 1.77. The molecule has 1 N–H and O–H groups in total. The van der Waals surface area contributed by atoms with Crippen molar-refractivity contribution in [3.05, 3.63) is 83.4 Å². The molecule has 2 amide bonds. The standard InChI is InChI=1S/C26H28N2O7/c1-33-23(29)14-8-13-21(25(31)34-2)27-24(30)22-15-19-11-6-7-12-20(19)16-28(22)26(32)35-17-18-9-4-3-5-10-18/h3-12,14,21-22H,13,15-17H2,1-2H3,(H,27,30)/b14-8+/t21-,22+/m1/s1. The number of fused-ring (bicyclic) bond motifs is 1. The van der Waals surface area contributed by atoms with E-state index in [1.807, 2.05) is 54.6 Å². The number of benzene rings is 2. The molecule has 0 bridgehead atoms. The fourth-order valence-electron chi connectivity index (χ4n) is 3.74. The fraction of sp³-hybridized carbons (Fsp3) is 0.308. The van der Waals surface area contributed by atoms with Crippen molar-refractivity contribution in [1.29, 1.82) is 0 Å². The van der Waals surface area contributed by atoms with Crippen LogP contribution in [0.1, 0.15) is 23.1 Å². The lowest BCUT2D eigenvalue weighted by molar-refractivity contribution is -0.145. The molecule has 1 aliphatic heterocycles. The van der Waals surface area contributed by atoms with E-state index in [1.54, 1.807) is 0 Å². The van der Waals surface area contributed by atoms with Gasteiger partial charge < -0.3 is 19.5 Å². The predicted molar refractivity (Wildman–Crippen MR) is 126 cm³/mol. The van der Waals surface area contributed by atoms with Gasteiger partial charge in [0.2, 0.25) is 5.91 Å². The first-order valence-corrected chi connectivity index (χ1v) is 11.1. The van der Waals surface area contributed by atoms with E-state index in [1.165, 1.54) is 25.2 Å². The highest BCUT2D eigenvalue weighted by Crippen LogP contribution is 2.25. The van der Waals surface area contributed by atoms with E-state index in [4.69, 9.17) is 9.47 Å². The van der Waals surface area contributed by atoms with Crippen LogP contribution in [0.15, 0.2) is 66.7 Å². The van der Waals surface area contributed by atoms with Gasteiger partial charge in [0.05, 0.1) is 20.8 Å². The highest BCUT2D eigenvalue weighted by atomic mass is 16.6. The minimum atomic E-state index is -1.05. The number of methoxy groups -OCH3 is 2. The monoisotopic (exact) mass is 480 g/mol. The molecule has 0 saturated carbocycles. The van der Waals surface area contributed by atoms with Crippen molar-refractivity contribution >= 4 is 23.9 Å². The van der Waals surface area contributed by atoms with E-state index in [9.17, 15) is 19.2 Å². The second-order valence-electron chi connectivity index (χ2n) is 7.90. The predicted octanol–water partition coefficient (Wildman–Crippen LogP) is 2.53. The molecule has 0 saturated heterocycles. The summed E-state index contributed by atoms with van der Waals surface area (Å²) in [5.74, 6) is -1.79. The lowest BCUT2D eigenvalue weighted by Gasteiger charge is -2.35. The van der Waals surface area contributed by atoms with Gasteiger partial charge in [0.1, 0.15) is 18.7 Å². The first-order valence-electron chi connectivity index (χ1n) is 11.1. The molecule has 0 aromatic heterocycles. The third-order valence-corrected chi connectivity index (χ3v) is 5.62. The van der Waals surface area contributed by atoms with Crippen LogP contribution in [-0.2, 0) is 48.2 Å². The van der Waals surface area contributed by atoms with Crippen molar-refractivity contribution < 1.29 is 33.4 Å². The van der Waals surface area contributed by atoms with Gasteiger partial charge in [-0.15, -0.1) is 0 Å². The Morgan fingerprint density at radius 2 is 1.69 bits per heavy atom. The van der Waals surface area contributed by atoms with Crippen molar-refractivity contribution in [2.45, 2.75) is 38.1 Å². The molecular weight excluding hydrogens is 452 g/mol. The lowest BCUT2D eigenvalue weighted by Crippen LogP contribution is -2.55. The molecule has 0 aliphatic carbocycles. The summed E-state index contributed by atoms with van der Waals surface area (Å²) in [6.45, 7) is 0.252. The molecule has 0 radical (unpaired) electrons. The molecule has 9 heteroatoms. The number of hydrogen-bond acceptors (Lipinski definition) is 7. The van der Waals surface area contributed by atoms with Crippen molar-refractivity contribution in [2.24, 2.45) is 0 Å². The van der Waals surface area contributed by atoms with Crippen molar-refractivity contribution in [3.63, 3.8) is 0 Å². The van der Waals surface area contributed by atoms with Crippen molar-refractivity contribution in [3.8, 4) is 0 Å². The van der Waals surface area contributed by atoms with Gasteiger partial charge in [0.25, 0.3) is 0 Å². The summed E-state index contributed by atoms with van der Waals surface area (Å²) in [6.07, 6.45) is 2.20. The molecular formula is C26H28N2O7. The largest absolute Gasteiger partial charge is 0.467 e. The van der Waals surface area contributed by atoms with Crippen LogP contribution in [-0.4, -0.2) is 55.1 Å². The van der Waals surface area contributed by atoms with Crippen molar-refractivity contribution in [1.82, 2.24) is 10.2 Å². The third-order valence-electron chi connectivity index (χ3n) is 5.62. The summed E-state index contributed by atoms with van der Waals surface area (Å²) >= 11 is 0. The van der Waals surface area contributed by atoms with Gasteiger partial charge in [-0.1, -0.05) is 60.7 Å². The highest BCUT2D eigenvalue weighted by Gasteiger charge is 2.37. The van der Waals surface area contributed by atoms with Gasteiger partial charge in [-0.25, -0.2) is 14.4 Å². The molecule has 184 valence electrons. The smallest absolute Gasteiger partial charge is 0.411 e. The van der Waals surface area contributed by atoms with E-state index in [-0.39, 0.29) is 26.0 Å². The molecule has 0 unspecified atom stereocenters. The normalized spacial score (nSPS) is 15.6. The van der Waals surface area contributed by atoms with E-state index in [2.05, 4.69) is 10.1 Å². The Labute approximate surface area is 203 Å². The zero-order valence-electron chi connectivity index (χ0n) is 19.6. The summed E-state index contributed by atoms with van der Waals surface area (Å²) in [6, 6.07) is 14.8. The molecule has 3 rings (SSSR count). The molecule has 2 aromatic carbocycles. The van der Waals surface area contributed by atoms with Gasteiger partial charge in [-0.3, -0.25) is 9.69 Å². The average molecular weight is 481 g/mol. The SMILES string of the molecule is COC(=O)/C=C/C[C@@H](NC(=O)[C@@H]1Cc2ccccc2CN1C(=O)OCc1ccccc1)C(=O)OC. The number of carbonyl (C=O) groups is 4. The molecule has 0 fully saturated rings. The number of nitrogens with one attached hydrogen (secondary N) is 1. The minimum Gasteiger partial charge on any atom is -0.467 e. The van der Waals surface area contributed by atoms with Gasteiger partial charge >= 0.3 is 18.0 Å². The fourth-order valence-corrected chi connectivity index (χ4v) is 3.74. The molecule has 35 heavy (non-hydrogen) atoms. The first-order chi connectivity index (χ1) is 16.9. The number of esters is 2. The highest BCUT2D eigenvalue weighted by molar-refractivity contribution is 5.90. The van der Waals surface area contributed by atoms with Crippen LogP contribution in [0.4, 0.5) is 4.79 Å². The van der Waals surface area contributed by atoms with E-state index in [0.29, 0.717) is 0 Å². The Kier molecular flexibility index (Phi) is 9.00.